The van der Waals surface area contributed by atoms with E-state index >= 15 is 0 Å². The first kappa shape index (κ1) is 17.0. The van der Waals surface area contributed by atoms with E-state index in [1.807, 2.05) is 19.1 Å². The van der Waals surface area contributed by atoms with Crippen LogP contribution < -0.4 is 0 Å². The van der Waals surface area contributed by atoms with E-state index < -0.39 is 5.97 Å². The summed E-state index contributed by atoms with van der Waals surface area (Å²) in [5.41, 5.74) is 2.72. The first-order valence-electron chi connectivity index (χ1n) is 7.55. The van der Waals surface area contributed by atoms with Gasteiger partial charge in [0.15, 0.2) is 6.61 Å². The SMILES string of the molecule is C#CCOC(=O)c1cc(C(=O)c2ccc(Br)cc2)n2c(C)cccc12. The number of aromatic nitrogens is 1. The molecule has 0 amide bonds. The minimum absolute atomic E-state index is 0.113. The third kappa shape index (κ3) is 3.21. The lowest BCUT2D eigenvalue weighted by atomic mass is 10.1. The van der Waals surface area contributed by atoms with Crippen molar-refractivity contribution >= 4 is 33.2 Å². The zero-order valence-electron chi connectivity index (χ0n) is 13.5. The molecule has 25 heavy (non-hydrogen) atoms. The number of esters is 1. The number of fused-ring (bicyclic) bond motifs is 1. The van der Waals surface area contributed by atoms with Crippen molar-refractivity contribution in [2.75, 3.05) is 6.61 Å². The van der Waals surface area contributed by atoms with Gasteiger partial charge in [0, 0.05) is 15.7 Å². The zero-order chi connectivity index (χ0) is 18.0. The quantitative estimate of drug-likeness (QED) is 0.380. The Kier molecular flexibility index (Phi) is 4.73. The zero-order valence-corrected chi connectivity index (χ0v) is 15.0. The lowest BCUT2D eigenvalue weighted by Crippen LogP contribution is -2.06. The summed E-state index contributed by atoms with van der Waals surface area (Å²) in [5, 5.41) is 0. The molecule has 1 aromatic carbocycles. The maximum atomic E-state index is 13.0. The number of halogens is 1. The molecular weight excluding hydrogens is 382 g/mol. The Morgan fingerprint density at radius 2 is 1.92 bits per heavy atom. The van der Waals surface area contributed by atoms with Crippen LogP contribution in [0.1, 0.15) is 32.1 Å². The highest BCUT2D eigenvalue weighted by atomic mass is 79.9. The van der Waals surface area contributed by atoms with Crippen molar-refractivity contribution in [1.29, 1.82) is 0 Å². The number of nitrogens with zero attached hydrogens (tertiary/aromatic N) is 1. The van der Waals surface area contributed by atoms with Crippen molar-refractivity contribution in [3.8, 4) is 12.3 Å². The summed E-state index contributed by atoms with van der Waals surface area (Å²) in [7, 11) is 0. The van der Waals surface area contributed by atoms with Crippen molar-refractivity contribution < 1.29 is 14.3 Å². The highest BCUT2D eigenvalue weighted by Crippen LogP contribution is 2.23. The molecule has 0 atom stereocenters. The summed E-state index contributed by atoms with van der Waals surface area (Å²) in [6.45, 7) is 1.76. The van der Waals surface area contributed by atoms with Crippen LogP contribution in [0, 0.1) is 19.3 Å². The summed E-state index contributed by atoms with van der Waals surface area (Å²) >= 11 is 3.36. The van der Waals surface area contributed by atoms with Crippen molar-refractivity contribution in [3.63, 3.8) is 0 Å². The minimum atomic E-state index is -0.545. The Bertz CT molecular complexity index is 1010. The third-order valence-electron chi connectivity index (χ3n) is 3.83. The van der Waals surface area contributed by atoms with Gasteiger partial charge >= 0.3 is 5.97 Å². The molecule has 0 fully saturated rings. The normalized spacial score (nSPS) is 10.4. The lowest BCUT2D eigenvalue weighted by Gasteiger charge is -2.06. The van der Waals surface area contributed by atoms with Crippen molar-refractivity contribution in [2.45, 2.75) is 6.92 Å². The van der Waals surface area contributed by atoms with Crippen molar-refractivity contribution in [1.82, 2.24) is 4.40 Å². The number of hydrogen-bond donors (Lipinski definition) is 0. The van der Waals surface area contributed by atoms with Gasteiger partial charge in [0.25, 0.3) is 0 Å². The number of pyridine rings is 1. The Morgan fingerprint density at radius 1 is 1.20 bits per heavy atom. The molecule has 2 heterocycles. The first-order chi connectivity index (χ1) is 12.0. The van der Waals surface area contributed by atoms with Crippen LogP contribution >= 0.6 is 15.9 Å². The van der Waals surface area contributed by atoms with E-state index in [2.05, 4.69) is 21.9 Å². The number of aryl methyl sites for hydroxylation is 1. The average molecular weight is 396 g/mol. The van der Waals surface area contributed by atoms with Crippen LogP contribution in [0.3, 0.4) is 0 Å². The van der Waals surface area contributed by atoms with E-state index in [0.29, 0.717) is 22.3 Å². The highest BCUT2D eigenvalue weighted by molar-refractivity contribution is 9.10. The fourth-order valence-electron chi connectivity index (χ4n) is 2.69. The van der Waals surface area contributed by atoms with Gasteiger partial charge in [-0.25, -0.2) is 4.79 Å². The molecule has 0 bridgehead atoms. The van der Waals surface area contributed by atoms with E-state index in [4.69, 9.17) is 11.2 Å². The molecule has 0 saturated heterocycles. The second-order valence-electron chi connectivity index (χ2n) is 5.45. The molecule has 0 N–H and O–H groups in total. The Hall–Kier alpha value is -2.84. The van der Waals surface area contributed by atoms with Gasteiger partial charge in [0.2, 0.25) is 5.78 Å². The molecule has 2 aromatic heterocycles. The number of carbonyl (C=O) groups excluding carboxylic acids is 2. The van der Waals surface area contributed by atoms with Gasteiger partial charge in [0.05, 0.1) is 16.8 Å². The molecule has 0 spiro atoms. The average Bonchev–Trinajstić information content (AvgIpc) is 3.01. The molecule has 0 aliphatic heterocycles. The summed E-state index contributed by atoms with van der Waals surface area (Å²) in [6, 6.07) is 14.1. The van der Waals surface area contributed by atoms with Crippen LogP contribution in [0.15, 0.2) is 53.0 Å². The molecule has 4 nitrogen and oxygen atoms in total. The van der Waals surface area contributed by atoms with Gasteiger partial charge in [0.1, 0.15) is 0 Å². The van der Waals surface area contributed by atoms with Crippen molar-refractivity contribution in [3.05, 3.63) is 75.5 Å². The maximum absolute atomic E-state index is 13.0. The minimum Gasteiger partial charge on any atom is -0.449 e. The molecule has 0 aliphatic rings. The van der Waals surface area contributed by atoms with Crippen LogP contribution in [-0.4, -0.2) is 22.8 Å². The second kappa shape index (κ2) is 6.96. The number of hydrogen-bond acceptors (Lipinski definition) is 3. The Balaban J connectivity index is 2.15. The molecule has 3 rings (SSSR count). The standard InChI is InChI=1S/C20H14BrNO3/c1-3-11-25-20(24)16-12-18(22-13(2)5-4-6-17(16)22)19(23)14-7-9-15(21)10-8-14/h1,4-10,12H,11H2,2H3. The van der Waals surface area contributed by atoms with Gasteiger partial charge < -0.3 is 9.14 Å². The summed E-state index contributed by atoms with van der Waals surface area (Å²) < 4.78 is 7.68. The molecule has 0 aliphatic carbocycles. The van der Waals surface area contributed by atoms with E-state index in [0.717, 1.165) is 10.2 Å². The van der Waals surface area contributed by atoms with Crippen LogP contribution in [0.4, 0.5) is 0 Å². The topological polar surface area (TPSA) is 47.8 Å². The number of ether oxygens (including phenoxy) is 1. The number of benzene rings is 1. The number of ketones is 1. The van der Waals surface area contributed by atoms with E-state index in [1.165, 1.54) is 0 Å². The number of carbonyl (C=O) groups is 2. The summed E-state index contributed by atoms with van der Waals surface area (Å²) in [5.74, 6) is 1.55. The molecule has 0 unspecified atom stereocenters. The lowest BCUT2D eigenvalue weighted by molar-refractivity contribution is 0.0559. The van der Waals surface area contributed by atoms with Gasteiger partial charge in [-0.05, 0) is 49.4 Å². The second-order valence-corrected chi connectivity index (χ2v) is 6.36. The van der Waals surface area contributed by atoms with E-state index in [-0.39, 0.29) is 12.4 Å². The maximum Gasteiger partial charge on any atom is 0.341 e. The predicted molar refractivity (Wildman–Crippen MR) is 98.8 cm³/mol. The number of terminal acetylenes is 1. The van der Waals surface area contributed by atoms with Gasteiger partial charge in [-0.3, -0.25) is 4.79 Å². The highest BCUT2D eigenvalue weighted by Gasteiger charge is 2.22. The third-order valence-corrected chi connectivity index (χ3v) is 4.36. The summed E-state index contributed by atoms with van der Waals surface area (Å²) in [4.78, 5) is 25.3. The molecular formula is C20H14BrNO3. The fraction of sp³-hybridized carbons (Fsp3) is 0.100. The van der Waals surface area contributed by atoms with Crippen LogP contribution in [-0.2, 0) is 4.74 Å². The van der Waals surface area contributed by atoms with Gasteiger partial charge in [-0.2, -0.15) is 0 Å². The first-order valence-corrected chi connectivity index (χ1v) is 8.34. The molecule has 3 aromatic rings. The molecule has 5 heteroatoms. The molecule has 124 valence electrons. The smallest absolute Gasteiger partial charge is 0.341 e. The predicted octanol–water partition coefficient (Wildman–Crippen LogP) is 4.03. The fourth-order valence-corrected chi connectivity index (χ4v) is 2.95. The van der Waals surface area contributed by atoms with Gasteiger partial charge in [-0.1, -0.05) is 27.9 Å². The van der Waals surface area contributed by atoms with E-state index in [1.54, 1.807) is 40.8 Å². The Morgan fingerprint density at radius 3 is 2.60 bits per heavy atom. The number of rotatable bonds is 4. The van der Waals surface area contributed by atoms with Crippen LogP contribution in [0.2, 0.25) is 0 Å². The van der Waals surface area contributed by atoms with Crippen LogP contribution in [0.5, 0.6) is 0 Å². The van der Waals surface area contributed by atoms with E-state index in [9.17, 15) is 9.59 Å². The van der Waals surface area contributed by atoms with Gasteiger partial charge in [-0.15, -0.1) is 6.42 Å². The molecule has 0 radical (unpaired) electrons. The molecule has 0 saturated carbocycles. The van der Waals surface area contributed by atoms with Crippen LogP contribution in [0.25, 0.3) is 5.52 Å². The largest absolute Gasteiger partial charge is 0.449 e. The Labute approximate surface area is 153 Å². The van der Waals surface area contributed by atoms with Crippen molar-refractivity contribution in [2.24, 2.45) is 0 Å². The monoisotopic (exact) mass is 395 g/mol. The summed E-state index contributed by atoms with van der Waals surface area (Å²) in [6.07, 6.45) is 5.14.